The first-order chi connectivity index (χ1) is 13.7. The molecular weight excluding hydrogens is 356 g/mol. The number of nitrogens with zero attached hydrogens (tertiary/aromatic N) is 1. The van der Waals surface area contributed by atoms with Crippen LogP contribution in [0.1, 0.15) is 18.4 Å². The van der Waals surface area contributed by atoms with Crippen LogP contribution in [-0.4, -0.2) is 67.6 Å². The van der Waals surface area contributed by atoms with Crippen LogP contribution in [0.2, 0.25) is 0 Å². The van der Waals surface area contributed by atoms with Gasteiger partial charge in [-0.2, -0.15) is 0 Å². The smallest absolute Gasteiger partial charge is 0.235 e. The third-order valence-corrected chi connectivity index (χ3v) is 5.79. The van der Waals surface area contributed by atoms with Crippen molar-refractivity contribution in [2.45, 2.75) is 19.3 Å². The molecular formula is C21H28N4O3. The minimum absolute atomic E-state index is 0.134. The van der Waals surface area contributed by atoms with Crippen LogP contribution in [0.5, 0.6) is 0 Å². The van der Waals surface area contributed by atoms with Crippen LogP contribution >= 0.6 is 0 Å². The fourth-order valence-corrected chi connectivity index (χ4v) is 3.82. The molecule has 2 fully saturated rings. The number of hydrogen-bond acceptors (Lipinski definition) is 4. The minimum atomic E-state index is -0.856. The van der Waals surface area contributed by atoms with Gasteiger partial charge >= 0.3 is 0 Å². The number of aromatic amines is 1. The molecule has 2 heterocycles. The molecule has 3 N–H and O–H groups in total. The molecule has 2 amide bonds. The first kappa shape index (κ1) is 19.0. The Morgan fingerprint density at radius 3 is 2.54 bits per heavy atom. The first-order valence-electron chi connectivity index (χ1n) is 10.1. The minimum Gasteiger partial charge on any atom is -0.379 e. The third kappa shape index (κ3) is 4.05. The predicted molar refractivity (Wildman–Crippen MR) is 107 cm³/mol. The normalized spacial score (nSPS) is 18.7. The lowest BCUT2D eigenvalue weighted by molar-refractivity contribution is -0.137. The van der Waals surface area contributed by atoms with Gasteiger partial charge < -0.3 is 20.4 Å². The average molecular weight is 384 g/mol. The molecule has 150 valence electrons. The van der Waals surface area contributed by atoms with Gasteiger partial charge in [-0.1, -0.05) is 18.2 Å². The standard InChI is InChI=1S/C21H28N4O3/c26-19(22-8-5-16-15-24-18-4-2-1-3-17(16)18)21(6-7-21)20(27)23-9-10-25-11-13-28-14-12-25/h1-4,15,24H,5-14H2,(H,22,26)(H,23,27). The Hall–Kier alpha value is -2.38. The number of hydrogen-bond donors (Lipinski definition) is 3. The fraction of sp³-hybridized carbons (Fsp3) is 0.524. The number of para-hydroxylation sites is 1. The van der Waals surface area contributed by atoms with Crippen molar-refractivity contribution in [1.29, 1.82) is 0 Å². The van der Waals surface area contributed by atoms with Crippen LogP contribution in [0.25, 0.3) is 10.9 Å². The van der Waals surface area contributed by atoms with Gasteiger partial charge in [0.2, 0.25) is 11.8 Å². The van der Waals surface area contributed by atoms with E-state index in [0.717, 1.165) is 44.8 Å². The molecule has 0 bridgehead atoms. The van der Waals surface area contributed by atoms with Crippen molar-refractivity contribution in [3.05, 3.63) is 36.0 Å². The molecule has 0 unspecified atom stereocenters. The molecule has 0 atom stereocenters. The topological polar surface area (TPSA) is 86.5 Å². The molecule has 7 nitrogen and oxygen atoms in total. The summed E-state index contributed by atoms with van der Waals surface area (Å²) in [5, 5.41) is 7.10. The number of nitrogens with one attached hydrogen (secondary N) is 3. The number of H-pyrrole nitrogens is 1. The number of carbonyl (C=O) groups excluding carboxylic acids is 2. The summed E-state index contributed by atoms with van der Waals surface area (Å²) in [6.45, 7) is 5.19. The number of aromatic nitrogens is 1. The van der Waals surface area contributed by atoms with Gasteiger partial charge in [-0.05, 0) is 30.9 Å². The molecule has 1 aromatic heterocycles. The monoisotopic (exact) mass is 384 g/mol. The van der Waals surface area contributed by atoms with Crippen molar-refractivity contribution in [2.75, 3.05) is 45.9 Å². The lowest BCUT2D eigenvalue weighted by atomic mass is 10.0. The number of ether oxygens (including phenoxy) is 1. The van der Waals surface area contributed by atoms with Gasteiger partial charge in [0.25, 0.3) is 0 Å². The summed E-state index contributed by atoms with van der Waals surface area (Å²) in [6.07, 6.45) is 4.00. The second kappa shape index (κ2) is 8.32. The zero-order valence-electron chi connectivity index (χ0n) is 16.1. The summed E-state index contributed by atoms with van der Waals surface area (Å²) in [7, 11) is 0. The van der Waals surface area contributed by atoms with Gasteiger partial charge in [0.1, 0.15) is 5.41 Å². The van der Waals surface area contributed by atoms with Crippen molar-refractivity contribution < 1.29 is 14.3 Å². The first-order valence-corrected chi connectivity index (χ1v) is 10.1. The molecule has 1 aliphatic heterocycles. The van der Waals surface area contributed by atoms with Crippen LogP contribution in [0.3, 0.4) is 0 Å². The van der Waals surface area contributed by atoms with E-state index in [1.807, 2.05) is 24.4 Å². The van der Waals surface area contributed by atoms with E-state index in [0.29, 0.717) is 25.9 Å². The molecule has 0 radical (unpaired) electrons. The Bertz CT molecular complexity index is 837. The molecule has 7 heteroatoms. The second-order valence-corrected chi connectivity index (χ2v) is 7.66. The Kier molecular flexibility index (Phi) is 5.64. The number of carbonyl (C=O) groups is 2. The summed E-state index contributed by atoms with van der Waals surface area (Å²) in [5.41, 5.74) is 1.42. The zero-order valence-corrected chi connectivity index (χ0v) is 16.1. The number of benzene rings is 1. The zero-order chi connectivity index (χ0) is 19.4. The van der Waals surface area contributed by atoms with Crippen molar-refractivity contribution in [1.82, 2.24) is 20.5 Å². The lowest BCUT2D eigenvalue weighted by Gasteiger charge is -2.26. The van der Waals surface area contributed by atoms with Crippen LogP contribution < -0.4 is 10.6 Å². The average Bonchev–Trinajstić information content (AvgIpc) is 3.45. The van der Waals surface area contributed by atoms with Crippen molar-refractivity contribution in [3.63, 3.8) is 0 Å². The molecule has 28 heavy (non-hydrogen) atoms. The summed E-state index contributed by atoms with van der Waals surface area (Å²) >= 11 is 0. The van der Waals surface area contributed by atoms with Crippen LogP contribution in [0.15, 0.2) is 30.5 Å². The van der Waals surface area contributed by atoms with E-state index in [4.69, 9.17) is 4.74 Å². The van der Waals surface area contributed by atoms with Crippen LogP contribution in [-0.2, 0) is 20.7 Å². The number of rotatable bonds is 8. The van der Waals surface area contributed by atoms with Crippen molar-refractivity contribution >= 4 is 22.7 Å². The highest BCUT2D eigenvalue weighted by Crippen LogP contribution is 2.46. The van der Waals surface area contributed by atoms with E-state index >= 15 is 0 Å². The highest BCUT2D eigenvalue weighted by molar-refractivity contribution is 6.07. The molecule has 2 aromatic rings. The maximum atomic E-state index is 12.6. The van der Waals surface area contributed by atoms with Gasteiger partial charge in [0.15, 0.2) is 0 Å². The van der Waals surface area contributed by atoms with E-state index in [9.17, 15) is 9.59 Å². The number of amides is 2. The SMILES string of the molecule is O=C(NCCc1c[nH]c2ccccc12)C1(C(=O)NCCN2CCOCC2)CC1. The summed E-state index contributed by atoms with van der Waals surface area (Å²) in [4.78, 5) is 30.7. The molecule has 4 rings (SSSR count). The highest BCUT2D eigenvalue weighted by atomic mass is 16.5. The van der Waals surface area contributed by atoms with Gasteiger partial charge in [-0.3, -0.25) is 14.5 Å². The maximum absolute atomic E-state index is 12.6. The second-order valence-electron chi connectivity index (χ2n) is 7.66. The van der Waals surface area contributed by atoms with Gasteiger partial charge in [0, 0.05) is 49.8 Å². The van der Waals surface area contributed by atoms with Crippen molar-refractivity contribution in [3.8, 4) is 0 Å². The summed E-state index contributed by atoms with van der Waals surface area (Å²) in [6, 6.07) is 8.13. The Morgan fingerprint density at radius 1 is 1.07 bits per heavy atom. The van der Waals surface area contributed by atoms with E-state index in [-0.39, 0.29) is 11.8 Å². The predicted octanol–water partition coefficient (Wildman–Crippen LogP) is 1.06. The van der Waals surface area contributed by atoms with E-state index in [1.165, 1.54) is 10.9 Å². The Morgan fingerprint density at radius 2 is 1.79 bits per heavy atom. The Balaban J connectivity index is 1.22. The van der Waals surface area contributed by atoms with Gasteiger partial charge in [-0.25, -0.2) is 0 Å². The molecule has 1 aromatic carbocycles. The largest absolute Gasteiger partial charge is 0.379 e. The van der Waals surface area contributed by atoms with Gasteiger partial charge in [0.05, 0.1) is 13.2 Å². The Labute approximate surface area is 164 Å². The lowest BCUT2D eigenvalue weighted by Crippen LogP contribution is -2.46. The number of fused-ring (bicyclic) bond motifs is 1. The molecule has 1 saturated heterocycles. The molecule has 1 aliphatic carbocycles. The van der Waals surface area contributed by atoms with E-state index < -0.39 is 5.41 Å². The highest BCUT2D eigenvalue weighted by Gasteiger charge is 2.56. The number of morpholine rings is 1. The molecule has 0 spiro atoms. The molecule has 2 aliphatic rings. The van der Waals surface area contributed by atoms with Crippen LogP contribution in [0.4, 0.5) is 0 Å². The fourth-order valence-electron chi connectivity index (χ4n) is 3.82. The van der Waals surface area contributed by atoms with E-state index in [1.54, 1.807) is 0 Å². The van der Waals surface area contributed by atoms with E-state index in [2.05, 4.69) is 26.6 Å². The van der Waals surface area contributed by atoms with Gasteiger partial charge in [-0.15, -0.1) is 0 Å². The summed E-state index contributed by atoms with van der Waals surface area (Å²) < 4.78 is 5.33. The quantitative estimate of drug-likeness (QED) is 0.594. The molecule has 1 saturated carbocycles. The van der Waals surface area contributed by atoms with Crippen LogP contribution in [0, 0.1) is 5.41 Å². The van der Waals surface area contributed by atoms with Crippen molar-refractivity contribution in [2.24, 2.45) is 5.41 Å². The third-order valence-electron chi connectivity index (χ3n) is 5.79. The summed E-state index contributed by atoms with van der Waals surface area (Å²) in [5.74, 6) is -0.276. The maximum Gasteiger partial charge on any atom is 0.235 e.